The van der Waals surface area contributed by atoms with E-state index >= 15 is 0 Å². The monoisotopic (exact) mass is 312 g/mol. The summed E-state index contributed by atoms with van der Waals surface area (Å²) in [5, 5.41) is 2.63. The lowest BCUT2D eigenvalue weighted by Gasteiger charge is -2.45. The minimum absolute atomic E-state index is 0.0139. The Morgan fingerprint density at radius 1 is 1.33 bits per heavy atom. The first-order valence-corrected chi connectivity index (χ1v) is 7.35. The molecule has 1 aliphatic heterocycles. The Morgan fingerprint density at radius 2 is 2.00 bits per heavy atom. The molecule has 6 heteroatoms. The van der Waals surface area contributed by atoms with E-state index in [0.717, 1.165) is 0 Å². The van der Waals surface area contributed by atoms with Crippen LogP contribution in [0.1, 0.15) is 32.3 Å². The summed E-state index contributed by atoms with van der Waals surface area (Å²) in [5.74, 6) is -0.939. The molecule has 0 radical (unpaired) electrons. The van der Waals surface area contributed by atoms with Crippen LogP contribution in [-0.4, -0.2) is 28.8 Å². The van der Waals surface area contributed by atoms with Crippen molar-refractivity contribution in [2.75, 3.05) is 6.54 Å². The number of hydrogen-bond donors (Lipinski definition) is 1. The van der Waals surface area contributed by atoms with Crippen LogP contribution in [0.3, 0.4) is 0 Å². The van der Waals surface area contributed by atoms with Gasteiger partial charge in [-0.1, -0.05) is 37.6 Å². The molecule has 0 bridgehead atoms. The standard InChI is InChI=1S/C15H18ClFN2O2/c1-3-15(4-2)14(21)18-8-12(20)19(15)9-10-6-5-7-11(16)13(10)17/h5-7H,3-4,8-9H2,1-2H3,(H,18,21). The van der Waals surface area contributed by atoms with Gasteiger partial charge in [0.1, 0.15) is 11.4 Å². The van der Waals surface area contributed by atoms with E-state index in [1.807, 2.05) is 13.8 Å². The zero-order valence-corrected chi connectivity index (χ0v) is 12.8. The molecular weight excluding hydrogens is 295 g/mol. The van der Waals surface area contributed by atoms with Crippen molar-refractivity contribution in [1.82, 2.24) is 10.2 Å². The van der Waals surface area contributed by atoms with E-state index in [1.54, 1.807) is 12.1 Å². The van der Waals surface area contributed by atoms with Gasteiger partial charge >= 0.3 is 0 Å². The van der Waals surface area contributed by atoms with Gasteiger partial charge in [0.15, 0.2) is 0 Å². The number of hydrogen-bond acceptors (Lipinski definition) is 2. The molecule has 0 spiro atoms. The van der Waals surface area contributed by atoms with Crippen LogP contribution in [-0.2, 0) is 16.1 Å². The van der Waals surface area contributed by atoms with Crippen molar-refractivity contribution in [2.24, 2.45) is 0 Å². The summed E-state index contributed by atoms with van der Waals surface area (Å²) in [6.07, 6.45) is 0.951. The van der Waals surface area contributed by atoms with Gasteiger partial charge in [0.25, 0.3) is 0 Å². The third-order valence-electron chi connectivity index (χ3n) is 4.17. The number of carbonyl (C=O) groups is 2. The summed E-state index contributed by atoms with van der Waals surface area (Å²) >= 11 is 5.78. The molecule has 21 heavy (non-hydrogen) atoms. The average Bonchev–Trinajstić information content (AvgIpc) is 2.48. The van der Waals surface area contributed by atoms with Gasteiger partial charge in [-0.2, -0.15) is 0 Å². The zero-order chi connectivity index (χ0) is 15.6. The van der Waals surface area contributed by atoms with Gasteiger partial charge in [0, 0.05) is 12.1 Å². The molecule has 0 unspecified atom stereocenters. The predicted molar refractivity (Wildman–Crippen MR) is 78.3 cm³/mol. The first-order valence-electron chi connectivity index (χ1n) is 6.98. The van der Waals surface area contributed by atoms with Gasteiger partial charge in [-0.25, -0.2) is 4.39 Å². The van der Waals surface area contributed by atoms with Crippen molar-refractivity contribution in [2.45, 2.75) is 38.8 Å². The molecule has 0 aliphatic carbocycles. The van der Waals surface area contributed by atoms with E-state index < -0.39 is 11.4 Å². The van der Waals surface area contributed by atoms with E-state index in [2.05, 4.69) is 5.32 Å². The largest absolute Gasteiger partial charge is 0.345 e. The number of halogens is 2. The molecule has 2 amide bonds. The molecule has 2 rings (SSSR count). The predicted octanol–water partition coefficient (Wildman–Crippen LogP) is 2.50. The van der Waals surface area contributed by atoms with Crippen LogP contribution in [0.2, 0.25) is 5.02 Å². The second kappa shape index (κ2) is 6.02. The van der Waals surface area contributed by atoms with Crippen LogP contribution < -0.4 is 5.32 Å². The Morgan fingerprint density at radius 3 is 2.62 bits per heavy atom. The Balaban J connectivity index is 2.40. The lowest BCUT2D eigenvalue weighted by Crippen LogP contribution is -2.66. The molecule has 1 heterocycles. The fourth-order valence-corrected chi connectivity index (χ4v) is 3.00. The quantitative estimate of drug-likeness (QED) is 0.928. The molecule has 0 saturated carbocycles. The maximum absolute atomic E-state index is 14.1. The SMILES string of the molecule is CCC1(CC)C(=O)NCC(=O)N1Cc1cccc(Cl)c1F. The normalized spacial score (nSPS) is 17.8. The van der Waals surface area contributed by atoms with Gasteiger partial charge < -0.3 is 10.2 Å². The zero-order valence-electron chi connectivity index (χ0n) is 12.1. The lowest BCUT2D eigenvalue weighted by atomic mass is 9.87. The van der Waals surface area contributed by atoms with Gasteiger partial charge in [0.2, 0.25) is 11.8 Å². The molecule has 4 nitrogen and oxygen atoms in total. The summed E-state index contributed by atoms with van der Waals surface area (Å²) < 4.78 is 14.1. The third kappa shape index (κ3) is 2.62. The van der Waals surface area contributed by atoms with E-state index in [9.17, 15) is 14.0 Å². The molecule has 1 saturated heterocycles. The van der Waals surface area contributed by atoms with Gasteiger partial charge in [-0.05, 0) is 18.9 Å². The van der Waals surface area contributed by atoms with Crippen LogP contribution in [0.5, 0.6) is 0 Å². The maximum atomic E-state index is 14.1. The van der Waals surface area contributed by atoms with Crippen molar-refractivity contribution in [1.29, 1.82) is 0 Å². The summed E-state index contributed by atoms with van der Waals surface area (Å²) in [6, 6.07) is 4.67. The topological polar surface area (TPSA) is 49.4 Å². The van der Waals surface area contributed by atoms with Crippen molar-refractivity contribution in [3.05, 3.63) is 34.6 Å². The van der Waals surface area contributed by atoms with E-state index in [4.69, 9.17) is 11.6 Å². The van der Waals surface area contributed by atoms with Crippen molar-refractivity contribution in [3.8, 4) is 0 Å². The Labute approximate surface area is 128 Å². The molecular formula is C15H18ClFN2O2. The fraction of sp³-hybridized carbons (Fsp3) is 0.467. The number of piperazine rings is 1. The number of nitrogens with zero attached hydrogens (tertiary/aromatic N) is 1. The number of carbonyl (C=O) groups excluding carboxylic acids is 2. The van der Waals surface area contributed by atoms with E-state index in [-0.39, 0.29) is 29.9 Å². The van der Waals surface area contributed by atoms with E-state index in [0.29, 0.717) is 18.4 Å². The highest BCUT2D eigenvalue weighted by atomic mass is 35.5. The smallest absolute Gasteiger partial charge is 0.246 e. The van der Waals surface area contributed by atoms with Crippen molar-refractivity contribution >= 4 is 23.4 Å². The van der Waals surface area contributed by atoms with E-state index in [1.165, 1.54) is 11.0 Å². The molecule has 0 atom stereocenters. The van der Waals surface area contributed by atoms with Crippen LogP contribution in [0.15, 0.2) is 18.2 Å². The summed E-state index contributed by atoms with van der Waals surface area (Å²) in [6.45, 7) is 3.69. The second-order valence-corrected chi connectivity index (χ2v) is 5.52. The van der Waals surface area contributed by atoms with Crippen LogP contribution in [0.25, 0.3) is 0 Å². The number of benzene rings is 1. The van der Waals surface area contributed by atoms with Gasteiger partial charge in [-0.15, -0.1) is 0 Å². The van der Waals surface area contributed by atoms with Gasteiger partial charge in [-0.3, -0.25) is 9.59 Å². The van der Waals surface area contributed by atoms with Crippen LogP contribution >= 0.6 is 11.6 Å². The summed E-state index contributed by atoms with van der Waals surface area (Å²) in [7, 11) is 0. The van der Waals surface area contributed by atoms with Crippen molar-refractivity contribution in [3.63, 3.8) is 0 Å². The minimum Gasteiger partial charge on any atom is -0.345 e. The molecule has 1 aliphatic rings. The van der Waals surface area contributed by atoms with Gasteiger partial charge in [0.05, 0.1) is 11.6 Å². The summed E-state index contributed by atoms with van der Waals surface area (Å²) in [4.78, 5) is 26.0. The molecule has 114 valence electrons. The molecule has 1 aromatic rings. The van der Waals surface area contributed by atoms with Crippen LogP contribution in [0.4, 0.5) is 4.39 Å². The second-order valence-electron chi connectivity index (χ2n) is 5.11. The molecule has 0 aromatic heterocycles. The highest BCUT2D eigenvalue weighted by Crippen LogP contribution is 2.30. The lowest BCUT2D eigenvalue weighted by molar-refractivity contribution is -0.155. The average molecular weight is 313 g/mol. The highest BCUT2D eigenvalue weighted by Gasteiger charge is 2.46. The minimum atomic E-state index is -0.926. The number of amides is 2. The molecule has 1 aromatic carbocycles. The Bertz CT molecular complexity index is 573. The third-order valence-corrected chi connectivity index (χ3v) is 4.46. The fourth-order valence-electron chi connectivity index (χ4n) is 2.81. The Hall–Kier alpha value is -1.62. The highest BCUT2D eigenvalue weighted by molar-refractivity contribution is 6.30. The summed E-state index contributed by atoms with van der Waals surface area (Å²) in [5.41, 5.74) is -0.610. The molecule has 1 N–H and O–H groups in total. The number of rotatable bonds is 4. The van der Waals surface area contributed by atoms with Crippen molar-refractivity contribution < 1.29 is 14.0 Å². The Kier molecular flexibility index (Phi) is 4.52. The number of nitrogens with one attached hydrogen (secondary N) is 1. The van der Waals surface area contributed by atoms with Crippen LogP contribution in [0, 0.1) is 5.82 Å². The maximum Gasteiger partial charge on any atom is 0.246 e. The first-order chi connectivity index (χ1) is 9.96. The molecule has 1 fully saturated rings. The first kappa shape index (κ1) is 15.8.